The van der Waals surface area contributed by atoms with Gasteiger partial charge in [0.05, 0.1) is 0 Å². The fourth-order valence-electron chi connectivity index (χ4n) is 2.58. The topological polar surface area (TPSA) is 63.2 Å². The number of aromatic nitrogens is 2. The van der Waals surface area contributed by atoms with E-state index in [-0.39, 0.29) is 11.7 Å². The SMILES string of the molecule is CCCCN(C(=O)c1c(F)cccc1F)c1nnc(-c2ccc(C=O)cc2)s1. The minimum absolute atomic E-state index is 0.260. The van der Waals surface area contributed by atoms with E-state index >= 15 is 0 Å². The number of amides is 1. The minimum atomic E-state index is -0.916. The fourth-order valence-corrected chi connectivity index (χ4v) is 3.46. The van der Waals surface area contributed by atoms with E-state index in [1.807, 2.05) is 6.92 Å². The summed E-state index contributed by atoms with van der Waals surface area (Å²) in [4.78, 5) is 24.9. The van der Waals surface area contributed by atoms with Gasteiger partial charge in [0.1, 0.15) is 28.5 Å². The van der Waals surface area contributed by atoms with Gasteiger partial charge in [0.15, 0.2) is 0 Å². The van der Waals surface area contributed by atoms with Gasteiger partial charge < -0.3 is 0 Å². The Morgan fingerprint density at radius 3 is 2.39 bits per heavy atom. The number of carbonyl (C=O) groups is 2. The lowest BCUT2D eigenvalue weighted by Gasteiger charge is -2.19. The van der Waals surface area contributed by atoms with Crippen molar-refractivity contribution < 1.29 is 18.4 Å². The lowest BCUT2D eigenvalue weighted by Crippen LogP contribution is -2.33. The summed E-state index contributed by atoms with van der Waals surface area (Å²) in [7, 11) is 0. The third kappa shape index (κ3) is 4.12. The van der Waals surface area contributed by atoms with Crippen molar-refractivity contribution in [3.63, 3.8) is 0 Å². The van der Waals surface area contributed by atoms with Crippen LogP contribution in [0.2, 0.25) is 0 Å². The summed E-state index contributed by atoms with van der Waals surface area (Å²) in [5, 5.41) is 8.94. The number of unbranched alkanes of at least 4 members (excludes halogenated alkanes) is 1. The van der Waals surface area contributed by atoms with Gasteiger partial charge in [-0.15, -0.1) is 10.2 Å². The molecule has 0 unspecified atom stereocenters. The summed E-state index contributed by atoms with van der Waals surface area (Å²) >= 11 is 1.14. The zero-order valence-electron chi connectivity index (χ0n) is 15.1. The molecule has 0 saturated heterocycles. The lowest BCUT2D eigenvalue weighted by atomic mass is 10.1. The number of anilines is 1. The molecule has 5 nitrogen and oxygen atoms in total. The maximum absolute atomic E-state index is 14.1. The standard InChI is InChI=1S/C20H17F2N3O2S/c1-2-3-11-25(19(27)17-15(21)5-4-6-16(17)22)20-24-23-18(28-20)14-9-7-13(12-26)8-10-14/h4-10,12H,2-3,11H2,1H3. The van der Waals surface area contributed by atoms with Crippen molar-refractivity contribution in [3.05, 3.63) is 65.2 Å². The number of nitrogens with zero attached hydrogens (tertiary/aromatic N) is 3. The van der Waals surface area contributed by atoms with Crippen molar-refractivity contribution >= 4 is 28.7 Å². The number of rotatable bonds is 7. The second kappa shape index (κ2) is 8.79. The van der Waals surface area contributed by atoms with E-state index in [9.17, 15) is 18.4 Å². The number of carbonyl (C=O) groups excluding carboxylic acids is 2. The number of benzene rings is 2. The molecule has 0 saturated carbocycles. The quantitative estimate of drug-likeness (QED) is 0.537. The highest BCUT2D eigenvalue weighted by Crippen LogP contribution is 2.30. The fraction of sp³-hybridized carbons (Fsp3) is 0.200. The summed E-state index contributed by atoms with van der Waals surface area (Å²) in [6.07, 6.45) is 2.18. The highest BCUT2D eigenvalue weighted by atomic mass is 32.1. The predicted molar refractivity (Wildman–Crippen MR) is 104 cm³/mol. The second-order valence-corrected chi connectivity index (χ2v) is 6.99. The molecule has 0 aliphatic heterocycles. The van der Waals surface area contributed by atoms with Crippen LogP contribution >= 0.6 is 11.3 Å². The third-order valence-corrected chi connectivity index (χ3v) is 5.09. The molecule has 0 spiro atoms. The van der Waals surface area contributed by atoms with Gasteiger partial charge in [-0.2, -0.15) is 0 Å². The van der Waals surface area contributed by atoms with Crippen LogP contribution in [-0.4, -0.2) is 28.9 Å². The van der Waals surface area contributed by atoms with Crippen LogP contribution in [0.4, 0.5) is 13.9 Å². The van der Waals surface area contributed by atoms with E-state index in [1.54, 1.807) is 24.3 Å². The van der Waals surface area contributed by atoms with Crippen molar-refractivity contribution in [1.29, 1.82) is 0 Å². The van der Waals surface area contributed by atoms with Gasteiger partial charge in [0.2, 0.25) is 5.13 Å². The average Bonchev–Trinajstić information content (AvgIpc) is 3.18. The maximum Gasteiger partial charge on any atom is 0.266 e. The lowest BCUT2D eigenvalue weighted by molar-refractivity contribution is 0.0978. The Morgan fingerprint density at radius 1 is 1.11 bits per heavy atom. The first-order chi connectivity index (χ1) is 13.5. The van der Waals surface area contributed by atoms with Crippen LogP contribution < -0.4 is 4.90 Å². The van der Waals surface area contributed by atoms with E-state index in [0.717, 1.165) is 41.7 Å². The molecule has 3 aromatic rings. The Hall–Kier alpha value is -3.00. The maximum atomic E-state index is 14.1. The molecule has 0 bridgehead atoms. The molecule has 0 atom stereocenters. The molecule has 0 aliphatic carbocycles. The first kappa shape index (κ1) is 19.8. The molecular weight excluding hydrogens is 384 g/mol. The summed E-state index contributed by atoms with van der Waals surface area (Å²) in [5.74, 6) is -2.62. The Labute approximate surface area is 164 Å². The van der Waals surface area contributed by atoms with Crippen molar-refractivity contribution in [2.24, 2.45) is 0 Å². The molecule has 1 heterocycles. The van der Waals surface area contributed by atoms with Crippen LogP contribution in [0.15, 0.2) is 42.5 Å². The molecule has 0 aliphatic rings. The molecule has 0 fully saturated rings. The van der Waals surface area contributed by atoms with E-state index in [1.165, 1.54) is 11.0 Å². The molecule has 3 rings (SSSR count). The molecule has 2 aromatic carbocycles. The first-order valence-corrected chi connectivity index (χ1v) is 9.51. The predicted octanol–water partition coefficient (Wildman–Crippen LogP) is 4.74. The average molecular weight is 401 g/mol. The van der Waals surface area contributed by atoms with E-state index in [2.05, 4.69) is 10.2 Å². The Morgan fingerprint density at radius 2 is 1.79 bits per heavy atom. The van der Waals surface area contributed by atoms with Crippen LogP contribution in [0.3, 0.4) is 0 Å². The highest BCUT2D eigenvalue weighted by Gasteiger charge is 2.26. The minimum Gasteiger partial charge on any atom is -0.298 e. The first-order valence-electron chi connectivity index (χ1n) is 8.70. The van der Waals surface area contributed by atoms with Gasteiger partial charge in [0, 0.05) is 17.7 Å². The summed E-state index contributed by atoms with van der Waals surface area (Å²) in [6, 6.07) is 10.1. The van der Waals surface area contributed by atoms with Crippen molar-refractivity contribution in [1.82, 2.24) is 10.2 Å². The normalized spacial score (nSPS) is 10.7. The van der Waals surface area contributed by atoms with Crippen molar-refractivity contribution in [3.8, 4) is 10.6 Å². The van der Waals surface area contributed by atoms with Crippen molar-refractivity contribution in [2.45, 2.75) is 19.8 Å². The smallest absolute Gasteiger partial charge is 0.266 e. The summed E-state index contributed by atoms with van der Waals surface area (Å²) < 4.78 is 28.2. The van der Waals surface area contributed by atoms with Crippen LogP contribution in [0.5, 0.6) is 0 Å². The summed E-state index contributed by atoms with van der Waals surface area (Å²) in [6.45, 7) is 2.22. The van der Waals surface area contributed by atoms with Gasteiger partial charge in [-0.3, -0.25) is 14.5 Å². The van der Waals surface area contributed by atoms with Crippen LogP contribution in [-0.2, 0) is 0 Å². The zero-order valence-corrected chi connectivity index (χ0v) is 15.9. The zero-order chi connectivity index (χ0) is 20.1. The van der Waals surface area contributed by atoms with Gasteiger partial charge >= 0.3 is 0 Å². The molecule has 1 aromatic heterocycles. The monoisotopic (exact) mass is 401 g/mol. The number of hydrogen-bond donors (Lipinski definition) is 0. The Bertz CT molecular complexity index is 969. The van der Waals surface area contributed by atoms with Crippen LogP contribution in [0, 0.1) is 11.6 Å². The van der Waals surface area contributed by atoms with E-state index in [4.69, 9.17) is 0 Å². The number of halogens is 2. The molecule has 0 N–H and O–H groups in total. The molecule has 144 valence electrons. The molecule has 0 radical (unpaired) electrons. The van der Waals surface area contributed by atoms with E-state index in [0.29, 0.717) is 17.0 Å². The Balaban J connectivity index is 1.95. The van der Waals surface area contributed by atoms with Crippen LogP contribution in [0.1, 0.15) is 40.5 Å². The molecule has 28 heavy (non-hydrogen) atoms. The third-order valence-electron chi connectivity index (χ3n) is 4.10. The second-order valence-electron chi connectivity index (χ2n) is 6.04. The van der Waals surface area contributed by atoms with Gasteiger partial charge in [-0.25, -0.2) is 8.78 Å². The molecule has 8 heteroatoms. The van der Waals surface area contributed by atoms with Crippen molar-refractivity contribution in [2.75, 3.05) is 11.4 Å². The summed E-state index contributed by atoms with van der Waals surface area (Å²) in [5.41, 5.74) is 0.656. The van der Waals surface area contributed by atoms with Crippen LogP contribution in [0.25, 0.3) is 10.6 Å². The largest absolute Gasteiger partial charge is 0.298 e. The van der Waals surface area contributed by atoms with Gasteiger partial charge in [-0.1, -0.05) is 55.0 Å². The highest BCUT2D eigenvalue weighted by molar-refractivity contribution is 7.18. The molecular formula is C20H17F2N3O2S. The number of hydrogen-bond acceptors (Lipinski definition) is 5. The van der Waals surface area contributed by atoms with E-state index < -0.39 is 23.1 Å². The van der Waals surface area contributed by atoms with Gasteiger partial charge in [0.25, 0.3) is 5.91 Å². The number of aldehydes is 1. The van der Waals surface area contributed by atoms with Gasteiger partial charge in [-0.05, 0) is 18.6 Å². The molecule has 1 amide bonds. The Kier molecular flexibility index (Phi) is 6.20.